The number of carbonyl (C=O) groups excluding carboxylic acids is 1. The van der Waals surface area contributed by atoms with E-state index in [1.54, 1.807) is 28.9 Å². The SMILES string of the molecule is Cc1nn(-c2ccc(Nc3ccc(NC(=O)c4cc(-c5ccco5)on4)cc3)nn2)c(C)c1C. The van der Waals surface area contributed by atoms with Gasteiger partial charge in [0.05, 0.1) is 12.0 Å². The van der Waals surface area contributed by atoms with Crippen molar-refractivity contribution in [3.8, 4) is 17.3 Å². The van der Waals surface area contributed by atoms with E-state index in [9.17, 15) is 4.79 Å². The molecule has 10 nitrogen and oxygen atoms in total. The first-order chi connectivity index (χ1) is 16.5. The molecule has 0 aliphatic rings. The van der Waals surface area contributed by atoms with Gasteiger partial charge < -0.3 is 19.6 Å². The molecule has 0 saturated heterocycles. The lowest BCUT2D eigenvalue weighted by Crippen LogP contribution is -2.12. The molecule has 0 radical (unpaired) electrons. The summed E-state index contributed by atoms with van der Waals surface area (Å²) in [5.74, 6) is 1.74. The van der Waals surface area contributed by atoms with Crippen molar-refractivity contribution in [3.05, 3.63) is 83.5 Å². The predicted octanol–water partition coefficient (Wildman–Crippen LogP) is 4.83. The molecule has 4 heterocycles. The van der Waals surface area contributed by atoms with E-state index in [1.807, 2.05) is 45.0 Å². The highest BCUT2D eigenvalue weighted by molar-refractivity contribution is 6.03. The first-order valence-corrected chi connectivity index (χ1v) is 10.5. The zero-order chi connectivity index (χ0) is 23.7. The average Bonchev–Trinajstić information content (AvgIpc) is 3.59. The van der Waals surface area contributed by atoms with Crippen molar-refractivity contribution < 1.29 is 13.7 Å². The van der Waals surface area contributed by atoms with Crippen LogP contribution in [0.3, 0.4) is 0 Å². The Kier molecular flexibility index (Phi) is 5.38. The second-order valence-corrected chi connectivity index (χ2v) is 7.69. The summed E-state index contributed by atoms with van der Waals surface area (Å²) in [6.07, 6.45) is 1.52. The van der Waals surface area contributed by atoms with Crippen molar-refractivity contribution in [3.63, 3.8) is 0 Å². The Balaban J connectivity index is 1.22. The number of nitrogens with zero attached hydrogens (tertiary/aromatic N) is 5. The van der Waals surface area contributed by atoms with E-state index in [4.69, 9.17) is 8.94 Å². The molecule has 4 aromatic heterocycles. The number of furan rings is 1. The van der Waals surface area contributed by atoms with Crippen LogP contribution in [0.2, 0.25) is 0 Å². The van der Waals surface area contributed by atoms with E-state index in [0.29, 0.717) is 28.8 Å². The maximum absolute atomic E-state index is 12.5. The number of aryl methyl sites for hydroxylation is 1. The van der Waals surface area contributed by atoms with Crippen LogP contribution in [-0.2, 0) is 0 Å². The van der Waals surface area contributed by atoms with Crippen LogP contribution in [0.15, 0.2) is 69.8 Å². The highest BCUT2D eigenvalue weighted by atomic mass is 16.5. The van der Waals surface area contributed by atoms with E-state index in [1.165, 1.54) is 12.3 Å². The molecule has 10 heteroatoms. The molecule has 0 saturated carbocycles. The molecule has 0 bridgehead atoms. The number of benzene rings is 1. The summed E-state index contributed by atoms with van der Waals surface area (Å²) in [5, 5.41) is 22.8. The van der Waals surface area contributed by atoms with Gasteiger partial charge in [0.15, 0.2) is 23.1 Å². The van der Waals surface area contributed by atoms with E-state index >= 15 is 0 Å². The lowest BCUT2D eigenvalue weighted by atomic mass is 10.2. The normalized spacial score (nSPS) is 10.9. The Morgan fingerprint density at radius 2 is 1.74 bits per heavy atom. The van der Waals surface area contributed by atoms with E-state index < -0.39 is 0 Å². The quantitative estimate of drug-likeness (QED) is 0.373. The first-order valence-electron chi connectivity index (χ1n) is 10.5. The van der Waals surface area contributed by atoms with E-state index in [0.717, 1.165) is 22.6 Å². The molecule has 34 heavy (non-hydrogen) atoms. The number of rotatable bonds is 6. The van der Waals surface area contributed by atoms with Gasteiger partial charge in [-0.2, -0.15) is 5.10 Å². The van der Waals surface area contributed by atoms with Crippen molar-refractivity contribution in [2.75, 3.05) is 10.6 Å². The summed E-state index contributed by atoms with van der Waals surface area (Å²) in [6.45, 7) is 6.01. The second kappa shape index (κ2) is 8.66. The molecule has 0 fully saturated rings. The fourth-order valence-electron chi connectivity index (χ4n) is 3.35. The summed E-state index contributed by atoms with van der Waals surface area (Å²) in [6, 6.07) is 15.9. The number of hydrogen-bond acceptors (Lipinski definition) is 8. The van der Waals surface area contributed by atoms with Crippen LogP contribution in [-0.4, -0.2) is 31.0 Å². The Bertz CT molecular complexity index is 1430. The van der Waals surface area contributed by atoms with E-state index in [-0.39, 0.29) is 11.6 Å². The smallest absolute Gasteiger partial charge is 0.277 e. The number of amides is 1. The predicted molar refractivity (Wildman–Crippen MR) is 125 cm³/mol. The van der Waals surface area contributed by atoms with Crippen LogP contribution in [0.5, 0.6) is 0 Å². The third-order valence-electron chi connectivity index (χ3n) is 5.44. The van der Waals surface area contributed by atoms with Gasteiger partial charge in [-0.1, -0.05) is 5.16 Å². The Morgan fingerprint density at radius 1 is 0.941 bits per heavy atom. The number of anilines is 3. The molecule has 0 aliphatic heterocycles. The summed E-state index contributed by atoms with van der Waals surface area (Å²) in [5.41, 5.74) is 4.70. The van der Waals surface area contributed by atoms with Gasteiger partial charge in [0.2, 0.25) is 5.76 Å². The fourth-order valence-corrected chi connectivity index (χ4v) is 3.35. The van der Waals surface area contributed by atoms with Crippen LogP contribution in [0.1, 0.15) is 27.4 Å². The summed E-state index contributed by atoms with van der Waals surface area (Å²) < 4.78 is 12.2. The Morgan fingerprint density at radius 3 is 2.38 bits per heavy atom. The van der Waals surface area contributed by atoms with Gasteiger partial charge in [-0.05, 0) is 74.9 Å². The minimum atomic E-state index is -0.386. The lowest BCUT2D eigenvalue weighted by molar-refractivity contribution is 0.101. The molecular weight excluding hydrogens is 434 g/mol. The summed E-state index contributed by atoms with van der Waals surface area (Å²) >= 11 is 0. The van der Waals surface area contributed by atoms with Crippen molar-refractivity contribution in [1.29, 1.82) is 0 Å². The van der Waals surface area contributed by atoms with Crippen LogP contribution >= 0.6 is 0 Å². The minimum absolute atomic E-state index is 0.154. The molecular formula is C24H21N7O3. The van der Waals surface area contributed by atoms with Crippen LogP contribution in [0, 0.1) is 20.8 Å². The molecule has 1 aromatic carbocycles. The van der Waals surface area contributed by atoms with Crippen molar-refractivity contribution in [2.24, 2.45) is 0 Å². The molecule has 1 amide bonds. The second-order valence-electron chi connectivity index (χ2n) is 7.69. The monoisotopic (exact) mass is 455 g/mol. The third kappa shape index (κ3) is 4.16. The lowest BCUT2D eigenvalue weighted by Gasteiger charge is -2.08. The molecule has 0 unspecified atom stereocenters. The highest BCUT2D eigenvalue weighted by Crippen LogP contribution is 2.22. The van der Waals surface area contributed by atoms with Gasteiger partial charge in [-0.15, -0.1) is 10.2 Å². The van der Waals surface area contributed by atoms with Crippen LogP contribution in [0.25, 0.3) is 17.3 Å². The average molecular weight is 455 g/mol. The van der Waals surface area contributed by atoms with Gasteiger partial charge in [0.1, 0.15) is 0 Å². The highest BCUT2D eigenvalue weighted by Gasteiger charge is 2.15. The number of aromatic nitrogens is 5. The summed E-state index contributed by atoms with van der Waals surface area (Å²) in [7, 11) is 0. The number of hydrogen-bond donors (Lipinski definition) is 2. The first kappa shape index (κ1) is 21.1. The van der Waals surface area contributed by atoms with Gasteiger partial charge >= 0.3 is 0 Å². The number of nitrogens with one attached hydrogen (secondary N) is 2. The molecule has 0 aliphatic carbocycles. The Hall–Kier alpha value is -4.73. The zero-order valence-corrected chi connectivity index (χ0v) is 18.7. The maximum Gasteiger partial charge on any atom is 0.277 e. The fraction of sp³-hybridized carbons (Fsp3) is 0.125. The zero-order valence-electron chi connectivity index (χ0n) is 18.7. The van der Waals surface area contributed by atoms with Crippen molar-refractivity contribution in [1.82, 2.24) is 25.1 Å². The third-order valence-corrected chi connectivity index (χ3v) is 5.44. The van der Waals surface area contributed by atoms with Gasteiger partial charge in [0, 0.05) is 23.1 Å². The topological polar surface area (TPSA) is 124 Å². The largest absolute Gasteiger partial charge is 0.461 e. The maximum atomic E-state index is 12.5. The Labute approximate surface area is 194 Å². The van der Waals surface area contributed by atoms with Crippen LogP contribution < -0.4 is 10.6 Å². The number of carbonyl (C=O) groups is 1. The molecule has 0 spiro atoms. The van der Waals surface area contributed by atoms with E-state index in [2.05, 4.69) is 31.1 Å². The van der Waals surface area contributed by atoms with Gasteiger partial charge in [-0.3, -0.25) is 4.79 Å². The van der Waals surface area contributed by atoms with Crippen LogP contribution in [0.4, 0.5) is 17.2 Å². The molecule has 0 atom stereocenters. The molecule has 170 valence electrons. The molecule has 5 aromatic rings. The minimum Gasteiger partial charge on any atom is -0.461 e. The van der Waals surface area contributed by atoms with Gasteiger partial charge in [0.25, 0.3) is 5.91 Å². The molecule has 5 rings (SSSR count). The summed E-state index contributed by atoms with van der Waals surface area (Å²) in [4.78, 5) is 12.5. The van der Waals surface area contributed by atoms with Crippen molar-refractivity contribution >= 4 is 23.1 Å². The molecule has 2 N–H and O–H groups in total. The van der Waals surface area contributed by atoms with Crippen molar-refractivity contribution in [2.45, 2.75) is 20.8 Å². The van der Waals surface area contributed by atoms with Gasteiger partial charge in [-0.25, -0.2) is 4.68 Å². The standard InChI is InChI=1S/C24H21N7O3/c1-14-15(2)29-31(16(14)3)23-11-10-22(27-28-23)25-17-6-8-18(9-7-17)26-24(32)19-13-21(34-30-19)20-5-4-12-33-20/h4-13H,1-3H3,(H,25,27)(H,26,32).